The van der Waals surface area contributed by atoms with Crippen LogP contribution in [0.4, 0.5) is 0 Å². The fourth-order valence-corrected chi connectivity index (χ4v) is 3.81. The van der Waals surface area contributed by atoms with Crippen LogP contribution in [0.5, 0.6) is 11.5 Å². The summed E-state index contributed by atoms with van der Waals surface area (Å²) >= 11 is 0. The molecule has 1 heterocycles. The van der Waals surface area contributed by atoms with Gasteiger partial charge in [-0.1, -0.05) is 24.3 Å². The summed E-state index contributed by atoms with van der Waals surface area (Å²) in [6.07, 6.45) is 3.13. The summed E-state index contributed by atoms with van der Waals surface area (Å²) in [4.78, 5) is 14.3. The number of aryl methyl sites for hydroxylation is 1. The summed E-state index contributed by atoms with van der Waals surface area (Å²) in [6.45, 7) is 1.08. The van der Waals surface area contributed by atoms with Gasteiger partial charge in [-0.25, -0.2) is 0 Å². The van der Waals surface area contributed by atoms with Crippen molar-refractivity contribution in [2.24, 2.45) is 5.92 Å². The molecule has 0 aromatic heterocycles. The van der Waals surface area contributed by atoms with E-state index in [9.17, 15) is 15.0 Å². The molecule has 0 fully saturated rings. The number of carbonyl (C=O) groups is 1. The summed E-state index contributed by atoms with van der Waals surface area (Å²) in [5, 5.41) is 19.6. The molecule has 1 aliphatic carbocycles. The first-order valence-corrected chi connectivity index (χ1v) is 8.03. The lowest BCUT2D eigenvalue weighted by molar-refractivity contribution is 0.0746. The SMILES string of the molecule is O=C1c2ccc(O)c(O)c2CN1C[C@H]1CCc2ccccc2C1. The molecule has 0 unspecified atom stereocenters. The quantitative estimate of drug-likeness (QED) is 0.839. The average Bonchev–Trinajstić information content (AvgIpc) is 2.88. The second-order valence-electron chi connectivity index (χ2n) is 6.52. The Kier molecular flexibility index (Phi) is 3.26. The molecule has 1 amide bonds. The van der Waals surface area contributed by atoms with Crippen molar-refractivity contribution < 1.29 is 15.0 Å². The number of fused-ring (bicyclic) bond motifs is 2. The lowest BCUT2D eigenvalue weighted by Gasteiger charge is -2.28. The molecule has 4 nitrogen and oxygen atoms in total. The molecule has 2 aromatic rings. The van der Waals surface area contributed by atoms with Crippen LogP contribution in [0.15, 0.2) is 36.4 Å². The van der Waals surface area contributed by atoms with Crippen molar-refractivity contribution in [3.8, 4) is 11.5 Å². The van der Waals surface area contributed by atoms with Crippen LogP contribution in [0.25, 0.3) is 0 Å². The second-order valence-corrected chi connectivity index (χ2v) is 6.52. The van der Waals surface area contributed by atoms with E-state index in [0.717, 1.165) is 19.3 Å². The van der Waals surface area contributed by atoms with E-state index in [0.29, 0.717) is 30.1 Å². The van der Waals surface area contributed by atoms with Crippen molar-refractivity contribution >= 4 is 5.91 Å². The van der Waals surface area contributed by atoms with Crippen molar-refractivity contribution in [2.45, 2.75) is 25.8 Å². The van der Waals surface area contributed by atoms with Crippen LogP contribution in [-0.2, 0) is 19.4 Å². The minimum atomic E-state index is -0.162. The maximum Gasteiger partial charge on any atom is 0.254 e. The van der Waals surface area contributed by atoms with Gasteiger partial charge in [-0.15, -0.1) is 0 Å². The number of aromatic hydroxyl groups is 2. The first-order valence-electron chi connectivity index (χ1n) is 8.03. The summed E-state index contributed by atoms with van der Waals surface area (Å²) < 4.78 is 0. The van der Waals surface area contributed by atoms with E-state index in [1.165, 1.54) is 17.2 Å². The van der Waals surface area contributed by atoms with Gasteiger partial charge >= 0.3 is 0 Å². The monoisotopic (exact) mass is 309 g/mol. The van der Waals surface area contributed by atoms with Gasteiger partial charge in [-0.2, -0.15) is 0 Å². The maximum absolute atomic E-state index is 12.5. The van der Waals surface area contributed by atoms with Gasteiger partial charge in [0.2, 0.25) is 0 Å². The predicted octanol–water partition coefficient (Wildman–Crippen LogP) is 2.86. The van der Waals surface area contributed by atoms with Gasteiger partial charge in [0.25, 0.3) is 5.91 Å². The largest absolute Gasteiger partial charge is 0.504 e. The Bertz CT molecular complexity index is 784. The zero-order valence-electron chi connectivity index (χ0n) is 12.8. The molecule has 2 aliphatic rings. The molecule has 0 saturated carbocycles. The third-order valence-electron chi connectivity index (χ3n) is 5.06. The molecule has 4 heteroatoms. The van der Waals surface area contributed by atoms with Gasteiger partial charge in [0.05, 0.1) is 6.54 Å². The van der Waals surface area contributed by atoms with E-state index in [4.69, 9.17) is 0 Å². The molecule has 0 spiro atoms. The first kappa shape index (κ1) is 14.1. The molecule has 0 radical (unpaired) electrons. The predicted molar refractivity (Wildman–Crippen MR) is 86.5 cm³/mol. The van der Waals surface area contributed by atoms with Gasteiger partial charge in [0.15, 0.2) is 11.5 Å². The highest BCUT2D eigenvalue weighted by Gasteiger charge is 2.32. The lowest BCUT2D eigenvalue weighted by Crippen LogP contribution is -2.32. The van der Waals surface area contributed by atoms with E-state index >= 15 is 0 Å². The Hall–Kier alpha value is -2.49. The van der Waals surface area contributed by atoms with Crippen LogP contribution in [0.2, 0.25) is 0 Å². The van der Waals surface area contributed by atoms with Gasteiger partial charge < -0.3 is 15.1 Å². The minimum Gasteiger partial charge on any atom is -0.504 e. The second kappa shape index (κ2) is 5.30. The third-order valence-corrected chi connectivity index (χ3v) is 5.06. The fraction of sp³-hybridized carbons (Fsp3) is 0.316. The highest BCUT2D eigenvalue weighted by molar-refractivity contribution is 5.99. The smallest absolute Gasteiger partial charge is 0.254 e. The summed E-state index contributed by atoms with van der Waals surface area (Å²) in [7, 11) is 0. The molecule has 23 heavy (non-hydrogen) atoms. The number of amides is 1. The number of carbonyl (C=O) groups excluding carboxylic acids is 1. The number of nitrogens with zero attached hydrogens (tertiary/aromatic N) is 1. The Balaban J connectivity index is 1.51. The number of hydrogen-bond acceptors (Lipinski definition) is 3. The molecule has 0 bridgehead atoms. The topological polar surface area (TPSA) is 60.8 Å². The number of hydrogen-bond donors (Lipinski definition) is 2. The zero-order valence-corrected chi connectivity index (χ0v) is 12.8. The van der Waals surface area contributed by atoms with Gasteiger partial charge in [0, 0.05) is 17.7 Å². The molecule has 0 saturated heterocycles. The van der Waals surface area contributed by atoms with Gasteiger partial charge in [-0.05, 0) is 48.4 Å². The molecular weight excluding hydrogens is 290 g/mol. The van der Waals surface area contributed by atoms with Crippen LogP contribution >= 0.6 is 0 Å². The summed E-state index contributed by atoms with van der Waals surface area (Å²) in [6, 6.07) is 11.5. The Morgan fingerprint density at radius 2 is 1.87 bits per heavy atom. The Labute approximate surface area is 135 Å². The number of benzene rings is 2. The van der Waals surface area contributed by atoms with E-state index in [1.54, 1.807) is 11.0 Å². The van der Waals surface area contributed by atoms with Crippen molar-refractivity contribution in [3.05, 3.63) is 58.7 Å². The molecule has 118 valence electrons. The minimum absolute atomic E-state index is 0.0471. The third kappa shape index (κ3) is 2.34. The van der Waals surface area contributed by atoms with Gasteiger partial charge in [0.1, 0.15) is 0 Å². The number of rotatable bonds is 2. The highest BCUT2D eigenvalue weighted by atomic mass is 16.3. The van der Waals surface area contributed by atoms with Crippen molar-refractivity contribution in [1.82, 2.24) is 4.90 Å². The summed E-state index contributed by atoms with van der Waals surface area (Å²) in [5.74, 6) is 0.0744. The van der Waals surface area contributed by atoms with Crippen molar-refractivity contribution in [2.75, 3.05) is 6.54 Å². The first-order chi connectivity index (χ1) is 11.1. The fourth-order valence-electron chi connectivity index (χ4n) is 3.81. The molecule has 1 aliphatic heterocycles. The van der Waals surface area contributed by atoms with Crippen LogP contribution in [-0.4, -0.2) is 27.6 Å². The lowest BCUT2D eigenvalue weighted by atomic mass is 9.83. The van der Waals surface area contributed by atoms with Crippen LogP contribution in [0, 0.1) is 5.92 Å². The molecule has 4 rings (SSSR count). The molecule has 2 N–H and O–H groups in total. The van der Waals surface area contributed by atoms with Crippen LogP contribution in [0.1, 0.15) is 33.5 Å². The normalized spacial score (nSPS) is 19.6. The van der Waals surface area contributed by atoms with E-state index in [2.05, 4.69) is 24.3 Å². The maximum atomic E-state index is 12.5. The molecular formula is C19H19NO3. The van der Waals surface area contributed by atoms with E-state index in [-0.39, 0.29) is 17.4 Å². The Morgan fingerprint density at radius 1 is 1.09 bits per heavy atom. The highest BCUT2D eigenvalue weighted by Crippen LogP contribution is 2.37. The standard InChI is InChI=1S/C19H19NO3/c21-17-8-7-15-16(18(17)22)11-20(19(15)23)10-12-5-6-13-3-1-2-4-14(13)9-12/h1-4,7-8,12,21-22H,5-6,9-11H2/t12-/m0/s1. The summed E-state index contributed by atoms with van der Waals surface area (Å²) in [5.41, 5.74) is 3.86. The van der Waals surface area contributed by atoms with Gasteiger partial charge in [-0.3, -0.25) is 4.79 Å². The van der Waals surface area contributed by atoms with E-state index in [1.807, 2.05) is 0 Å². The van der Waals surface area contributed by atoms with Crippen LogP contribution in [0.3, 0.4) is 0 Å². The van der Waals surface area contributed by atoms with Crippen LogP contribution < -0.4 is 0 Å². The Morgan fingerprint density at radius 3 is 2.70 bits per heavy atom. The molecule has 1 atom stereocenters. The number of phenolic OH excluding ortho intramolecular Hbond substituents is 2. The zero-order chi connectivity index (χ0) is 16.0. The average molecular weight is 309 g/mol. The number of phenols is 2. The van der Waals surface area contributed by atoms with Crippen molar-refractivity contribution in [1.29, 1.82) is 0 Å². The van der Waals surface area contributed by atoms with E-state index < -0.39 is 0 Å². The van der Waals surface area contributed by atoms with Crippen molar-refractivity contribution in [3.63, 3.8) is 0 Å². The molecule has 2 aromatic carbocycles.